The number of aromatic hydroxyl groups is 1. The van der Waals surface area contributed by atoms with E-state index in [1.54, 1.807) is 24.3 Å². The zero-order valence-corrected chi connectivity index (χ0v) is 9.60. The van der Waals surface area contributed by atoms with Crippen LogP contribution in [0.25, 0.3) is 10.9 Å². The van der Waals surface area contributed by atoms with Crippen LogP contribution in [0.15, 0.2) is 30.3 Å². The lowest BCUT2D eigenvalue weighted by atomic mass is 10.2. The third-order valence-electron chi connectivity index (χ3n) is 2.47. The Morgan fingerprint density at radius 2 is 2.18 bits per heavy atom. The highest BCUT2D eigenvalue weighted by Gasteiger charge is 2.08. The van der Waals surface area contributed by atoms with E-state index >= 15 is 0 Å². The molecule has 0 saturated heterocycles. The monoisotopic (exact) mass is 230 g/mol. The van der Waals surface area contributed by atoms with Gasteiger partial charge in [0.1, 0.15) is 17.0 Å². The largest absolute Gasteiger partial charge is 0.506 e. The fourth-order valence-corrected chi connectivity index (χ4v) is 1.59. The summed E-state index contributed by atoms with van der Waals surface area (Å²) in [5.74, 6) is -0.121. The quantitative estimate of drug-likeness (QED) is 0.848. The number of nitrogens with one attached hydrogen (secondary N) is 1. The van der Waals surface area contributed by atoms with Gasteiger partial charge in [0.25, 0.3) is 5.91 Å². The van der Waals surface area contributed by atoms with Gasteiger partial charge in [-0.1, -0.05) is 25.1 Å². The van der Waals surface area contributed by atoms with Crippen LogP contribution in [0.3, 0.4) is 0 Å². The van der Waals surface area contributed by atoms with E-state index in [-0.39, 0.29) is 11.7 Å². The number of carbonyl (C=O) groups excluding carboxylic acids is 1. The molecule has 0 spiro atoms. The molecule has 2 aromatic rings. The molecule has 0 aliphatic carbocycles. The number of amides is 1. The molecule has 0 bridgehead atoms. The second-order valence-corrected chi connectivity index (χ2v) is 3.80. The Kier molecular flexibility index (Phi) is 3.23. The highest BCUT2D eigenvalue weighted by Crippen LogP contribution is 2.22. The van der Waals surface area contributed by atoms with Crippen LogP contribution in [0.5, 0.6) is 5.75 Å². The Morgan fingerprint density at radius 1 is 1.35 bits per heavy atom. The number of para-hydroxylation sites is 1. The third-order valence-corrected chi connectivity index (χ3v) is 2.47. The van der Waals surface area contributed by atoms with Crippen LogP contribution >= 0.6 is 0 Å². The minimum absolute atomic E-state index is 0.0904. The first-order valence-corrected chi connectivity index (χ1v) is 5.59. The lowest BCUT2D eigenvalue weighted by Gasteiger charge is -2.05. The van der Waals surface area contributed by atoms with Crippen molar-refractivity contribution in [2.75, 3.05) is 6.54 Å². The number of phenolic OH excluding ortho intramolecular Hbond substituents is 1. The number of fused-ring (bicyclic) bond motifs is 1. The van der Waals surface area contributed by atoms with Crippen molar-refractivity contribution in [1.82, 2.24) is 10.3 Å². The van der Waals surface area contributed by atoms with Crippen molar-refractivity contribution < 1.29 is 9.90 Å². The molecule has 0 aliphatic rings. The second-order valence-electron chi connectivity index (χ2n) is 3.80. The van der Waals surface area contributed by atoms with Gasteiger partial charge < -0.3 is 10.4 Å². The minimum Gasteiger partial charge on any atom is -0.506 e. The molecule has 4 heteroatoms. The van der Waals surface area contributed by atoms with E-state index in [0.29, 0.717) is 17.8 Å². The van der Waals surface area contributed by atoms with E-state index < -0.39 is 0 Å². The smallest absolute Gasteiger partial charge is 0.269 e. The van der Waals surface area contributed by atoms with Crippen LogP contribution in [0.2, 0.25) is 0 Å². The lowest BCUT2D eigenvalue weighted by molar-refractivity contribution is 0.0949. The average Bonchev–Trinajstić information content (AvgIpc) is 2.36. The first-order chi connectivity index (χ1) is 8.22. The molecule has 0 saturated carbocycles. The molecular formula is C13H14N2O2. The first kappa shape index (κ1) is 11.4. The molecule has 1 aromatic carbocycles. The van der Waals surface area contributed by atoms with Crippen LogP contribution < -0.4 is 5.32 Å². The summed E-state index contributed by atoms with van der Waals surface area (Å²) in [6, 6.07) is 8.59. The number of phenols is 1. The molecule has 0 aliphatic heterocycles. The molecule has 0 atom stereocenters. The Balaban J connectivity index is 2.37. The van der Waals surface area contributed by atoms with E-state index in [9.17, 15) is 9.90 Å². The molecule has 2 N–H and O–H groups in total. The highest BCUT2D eigenvalue weighted by molar-refractivity contribution is 5.95. The number of hydrogen-bond donors (Lipinski definition) is 2. The van der Waals surface area contributed by atoms with E-state index in [0.717, 1.165) is 11.8 Å². The summed E-state index contributed by atoms with van der Waals surface area (Å²) in [5.41, 5.74) is 0.782. The van der Waals surface area contributed by atoms with Gasteiger partial charge in [-0.15, -0.1) is 0 Å². The van der Waals surface area contributed by atoms with Crippen molar-refractivity contribution in [3.8, 4) is 5.75 Å². The zero-order chi connectivity index (χ0) is 12.3. The first-order valence-electron chi connectivity index (χ1n) is 5.59. The topological polar surface area (TPSA) is 62.2 Å². The Bertz CT molecular complexity index is 552. The van der Waals surface area contributed by atoms with Crippen LogP contribution in [0.1, 0.15) is 23.8 Å². The number of rotatable bonds is 3. The van der Waals surface area contributed by atoms with Gasteiger partial charge in [0.15, 0.2) is 0 Å². The maximum Gasteiger partial charge on any atom is 0.269 e. The maximum atomic E-state index is 11.7. The third kappa shape index (κ3) is 2.36. The molecular weight excluding hydrogens is 216 g/mol. The molecule has 1 heterocycles. The van der Waals surface area contributed by atoms with Gasteiger partial charge in [-0.3, -0.25) is 4.79 Å². The van der Waals surface area contributed by atoms with Gasteiger partial charge >= 0.3 is 0 Å². The Morgan fingerprint density at radius 3 is 2.94 bits per heavy atom. The maximum absolute atomic E-state index is 11.7. The molecule has 0 fully saturated rings. The summed E-state index contributed by atoms with van der Waals surface area (Å²) in [4.78, 5) is 15.9. The summed E-state index contributed by atoms with van der Waals surface area (Å²) in [6.45, 7) is 2.61. The van der Waals surface area contributed by atoms with E-state index in [2.05, 4.69) is 10.3 Å². The van der Waals surface area contributed by atoms with Gasteiger partial charge in [-0.05, 0) is 18.6 Å². The lowest BCUT2D eigenvalue weighted by Crippen LogP contribution is -2.24. The van der Waals surface area contributed by atoms with Crippen LogP contribution in [-0.2, 0) is 0 Å². The Labute approximate surface area is 99.3 Å². The number of nitrogens with zero attached hydrogens (tertiary/aromatic N) is 1. The summed E-state index contributed by atoms with van der Waals surface area (Å²) in [7, 11) is 0. The van der Waals surface area contributed by atoms with Crippen LogP contribution in [0.4, 0.5) is 0 Å². The van der Waals surface area contributed by atoms with Gasteiger partial charge in [-0.25, -0.2) is 4.98 Å². The zero-order valence-electron chi connectivity index (χ0n) is 9.60. The van der Waals surface area contributed by atoms with Crippen molar-refractivity contribution in [3.05, 3.63) is 36.0 Å². The average molecular weight is 230 g/mol. The number of carbonyl (C=O) groups is 1. The number of benzene rings is 1. The van der Waals surface area contributed by atoms with Crippen molar-refractivity contribution in [2.24, 2.45) is 0 Å². The summed E-state index contributed by atoms with van der Waals surface area (Å²) in [6.07, 6.45) is 0.880. The number of hydrogen-bond acceptors (Lipinski definition) is 3. The molecule has 0 unspecified atom stereocenters. The molecule has 2 rings (SSSR count). The van der Waals surface area contributed by atoms with Crippen molar-refractivity contribution in [3.63, 3.8) is 0 Å². The van der Waals surface area contributed by atoms with Crippen molar-refractivity contribution in [2.45, 2.75) is 13.3 Å². The fourth-order valence-electron chi connectivity index (χ4n) is 1.59. The molecule has 1 aromatic heterocycles. The van der Waals surface area contributed by atoms with Crippen molar-refractivity contribution in [1.29, 1.82) is 0 Å². The fraction of sp³-hybridized carbons (Fsp3) is 0.231. The summed E-state index contributed by atoms with van der Waals surface area (Å²) >= 11 is 0. The highest BCUT2D eigenvalue weighted by atomic mass is 16.3. The predicted molar refractivity (Wildman–Crippen MR) is 66.0 cm³/mol. The predicted octanol–water partition coefficient (Wildman–Crippen LogP) is 2.08. The van der Waals surface area contributed by atoms with E-state index in [1.165, 1.54) is 0 Å². The van der Waals surface area contributed by atoms with Gasteiger partial charge in [0.05, 0.1) is 0 Å². The summed E-state index contributed by atoms with van der Waals surface area (Å²) < 4.78 is 0. The van der Waals surface area contributed by atoms with Crippen molar-refractivity contribution >= 4 is 16.8 Å². The molecule has 17 heavy (non-hydrogen) atoms. The standard InChI is InChI=1S/C13H14N2O2/c1-2-8-14-13(17)10-7-6-9-4-3-5-11(16)12(9)15-10/h3-7,16H,2,8H2,1H3,(H,14,17). The van der Waals surface area contributed by atoms with E-state index in [4.69, 9.17) is 0 Å². The molecule has 0 radical (unpaired) electrons. The van der Waals surface area contributed by atoms with Gasteiger partial charge in [0, 0.05) is 11.9 Å². The minimum atomic E-state index is -0.211. The molecule has 88 valence electrons. The second kappa shape index (κ2) is 4.82. The molecule has 4 nitrogen and oxygen atoms in total. The van der Waals surface area contributed by atoms with Gasteiger partial charge in [0.2, 0.25) is 0 Å². The number of aromatic nitrogens is 1. The van der Waals surface area contributed by atoms with E-state index in [1.807, 2.05) is 13.0 Å². The molecule has 1 amide bonds. The summed E-state index contributed by atoms with van der Waals surface area (Å²) in [5, 5.41) is 13.2. The Hall–Kier alpha value is -2.10. The number of pyridine rings is 1. The normalized spacial score (nSPS) is 10.4. The van der Waals surface area contributed by atoms with Crippen LogP contribution in [-0.4, -0.2) is 22.5 Å². The van der Waals surface area contributed by atoms with Gasteiger partial charge in [-0.2, -0.15) is 0 Å². The van der Waals surface area contributed by atoms with Crippen LogP contribution in [0, 0.1) is 0 Å². The SMILES string of the molecule is CCCNC(=O)c1ccc2cccc(O)c2n1.